The van der Waals surface area contributed by atoms with Crippen molar-refractivity contribution in [1.29, 1.82) is 0 Å². The summed E-state index contributed by atoms with van der Waals surface area (Å²) in [6.07, 6.45) is 2.16. The molecule has 0 atom stereocenters. The van der Waals surface area contributed by atoms with Crippen LogP contribution in [0.4, 0.5) is 5.69 Å². The van der Waals surface area contributed by atoms with Crippen molar-refractivity contribution in [1.82, 2.24) is 0 Å². The van der Waals surface area contributed by atoms with Crippen molar-refractivity contribution < 1.29 is 14.3 Å². The number of carbonyl (C=O) groups is 2. The maximum absolute atomic E-state index is 11.8. The van der Waals surface area contributed by atoms with Crippen LogP contribution in [-0.4, -0.2) is 25.0 Å². The Morgan fingerprint density at radius 3 is 2.33 bits per heavy atom. The summed E-state index contributed by atoms with van der Waals surface area (Å²) in [5.41, 5.74) is 0.768. The number of nitrogens with zero attached hydrogens (tertiary/aromatic N) is 1. The summed E-state index contributed by atoms with van der Waals surface area (Å²) in [6.45, 7) is 3.51. The third-order valence-electron chi connectivity index (χ3n) is 2.19. The number of rotatable bonds is 4. The summed E-state index contributed by atoms with van der Waals surface area (Å²) in [4.78, 5) is 24.5. The fourth-order valence-corrected chi connectivity index (χ4v) is 1.30. The molecule has 1 aromatic rings. The van der Waals surface area contributed by atoms with E-state index in [1.165, 1.54) is 11.0 Å². The van der Waals surface area contributed by atoms with Gasteiger partial charge in [0.25, 0.3) is 5.91 Å². The number of anilines is 1. The van der Waals surface area contributed by atoms with E-state index in [2.05, 4.69) is 0 Å². The first-order valence-electron chi connectivity index (χ1n) is 5.72. The molecule has 0 unspecified atom stereocenters. The lowest BCUT2D eigenvalue weighted by Gasteiger charge is -2.14. The zero-order valence-electron chi connectivity index (χ0n) is 10.8. The van der Waals surface area contributed by atoms with Gasteiger partial charge >= 0.3 is 5.97 Å². The highest BCUT2D eigenvalue weighted by Crippen LogP contribution is 2.11. The van der Waals surface area contributed by atoms with Gasteiger partial charge in [-0.3, -0.25) is 4.79 Å². The van der Waals surface area contributed by atoms with Crippen molar-refractivity contribution in [2.24, 2.45) is 0 Å². The Hall–Kier alpha value is -2.10. The SMILES string of the molecule is CC(C)OC(=O)/C=C/C(=O)N(C)c1ccccc1. The minimum atomic E-state index is -0.514. The quantitative estimate of drug-likeness (QED) is 0.605. The van der Waals surface area contributed by atoms with Crippen molar-refractivity contribution in [2.45, 2.75) is 20.0 Å². The topological polar surface area (TPSA) is 46.6 Å². The number of hydrogen-bond acceptors (Lipinski definition) is 3. The highest BCUT2D eigenvalue weighted by atomic mass is 16.5. The second-order valence-corrected chi connectivity index (χ2v) is 4.05. The number of esters is 1. The van der Waals surface area contributed by atoms with Gasteiger partial charge in [0.15, 0.2) is 0 Å². The molecule has 0 aliphatic heterocycles. The molecule has 0 saturated carbocycles. The van der Waals surface area contributed by atoms with Gasteiger partial charge in [0.05, 0.1) is 6.10 Å². The van der Waals surface area contributed by atoms with Crippen LogP contribution in [0.15, 0.2) is 42.5 Å². The van der Waals surface area contributed by atoms with Crippen molar-refractivity contribution in [2.75, 3.05) is 11.9 Å². The molecular formula is C14H17NO3. The fraction of sp³-hybridized carbons (Fsp3) is 0.286. The highest BCUT2D eigenvalue weighted by Gasteiger charge is 2.08. The van der Waals surface area contributed by atoms with Crippen LogP contribution in [-0.2, 0) is 14.3 Å². The van der Waals surface area contributed by atoms with E-state index in [1.807, 2.05) is 30.3 Å². The summed E-state index contributed by atoms with van der Waals surface area (Å²) in [5.74, 6) is -0.790. The molecule has 0 spiro atoms. The molecule has 0 bridgehead atoms. The standard InChI is InChI=1S/C14H17NO3/c1-11(2)18-14(17)10-9-13(16)15(3)12-7-5-4-6-8-12/h4-11H,1-3H3/b10-9+. The van der Waals surface area contributed by atoms with Crippen LogP contribution in [0.25, 0.3) is 0 Å². The van der Waals surface area contributed by atoms with Gasteiger partial charge in [0.1, 0.15) is 0 Å². The maximum Gasteiger partial charge on any atom is 0.331 e. The highest BCUT2D eigenvalue weighted by molar-refractivity contribution is 6.03. The van der Waals surface area contributed by atoms with Gasteiger partial charge in [0.2, 0.25) is 0 Å². The van der Waals surface area contributed by atoms with Gasteiger partial charge in [-0.05, 0) is 26.0 Å². The first-order valence-corrected chi connectivity index (χ1v) is 5.72. The number of carbonyl (C=O) groups excluding carboxylic acids is 2. The van der Waals surface area contributed by atoms with E-state index in [4.69, 9.17) is 4.74 Å². The number of para-hydroxylation sites is 1. The van der Waals surface area contributed by atoms with E-state index < -0.39 is 5.97 Å². The second kappa shape index (κ2) is 6.59. The van der Waals surface area contributed by atoms with Gasteiger partial charge in [-0.2, -0.15) is 0 Å². The molecule has 4 heteroatoms. The number of likely N-dealkylation sites (N-methyl/N-ethyl adjacent to an activating group) is 1. The molecule has 0 aromatic heterocycles. The molecule has 0 fully saturated rings. The average molecular weight is 247 g/mol. The predicted molar refractivity (Wildman–Crippen MR) is 70.2 cm³/mol. The van der Waals surface area contributed by atoms with Crippen molar-refractivity contribution in [3.8, 4) is 0 Å². The Morgan fingerprint density at radius 2 is 1.78 bits per heavy atom. The molecule has 4 nitrogen and oxygen atoms in total. The normalized spacial score (nSPS) is 10.7. The predicted octanol–water partition coefficient (Wildman–Crippen LogP) is 2.16. The largest absolute Gasteiger partial charge is 0.460 e. The molecule has 0 radical (unpaired) electrons. The van der Waals surface area contributed by atoms with Gasteiger partial charge in [-0.25, -0.2) is 4.79 Å². The molecule has 18 heavy (non-hydrogen) atoms. The molecule has 0 saturated heterocycles. The van der Waals surface area contributed by atoms with Gasteiger partial charge in [0, 0.05) is 24.9 Å². The Balaban J connectivity index is 2.61. The fourth-order valence-electron chi connectivity index (χ4n) is 1.30. The van der Waals surface area contributed by atoms with Crippen LogP contribution in [0, 0.1) is 0 Å². The first kappa shape index (κ1) is 14.0. The van der Waals surface area contributed by atoms with Crippen LogP contribution in [0.1, 0.15) is 13.8 Å². The van der Waals surface area contributed by atoms with Gasteiger partial charge in [-0.1, -0.05) is 18.2 Å². The van der Waals surface area contributed by atoms with Gasteiger partial charge in [-0.15, -0.1) is 0 Å². The van der Waals surface area contributed by atoms with Crippen molar-refractivity contribution in [3.05, 3.63) is 42.5 Å². The minimum Gasteiger partial charge on any atom is -0.460 e. The third kappa shape index (κ3) is 4.41. The average Bonchev–Trinajstić information content (AvgIpc) is 2.35. The summed E-state index contributed by atoms with van der Waals surface area (Å²) in [6, 6.07) is 9.19. The Labute approximate surface area is 107 Å². The summed E-state index contributed by atoms with van der Waals surface area (Å²) in [7, 11) is 1.65. The lowest BCUT2D eigenvalue weighted by Crippen LogP contribution is -2.24. The Morgan fingerprint density at radius 1 is 1.17 bits per heavy atom. The van der Waals surface area contributed by atoms with Crippen LogP contribution in [0.5, 0.6) is 0 Å². The first-order chi connectivity index (χ1) is 8.50. The summed E-state index contributed by atoms with van der Waals surface area (Å²) < 4.78 is 4.89. The Bertz CT molecular complexity index is 438. The maximum atomic E-state index is 11.8. The molecule has 1 aromatic carbocycles. The molecule has 1 amide bonds. The number of benzene rings is 1. The van der Waals surface area contributed by atoms with Crippen LogP contribution < -0.4 is 4.90 Å². The summed E-state index contributed by atoms with van der Waals surface area (Å²) in [5, 5.41) is 0. The molecule has 0 heterocycles. The van der Waals surface area contributed by atoms with Crippen LogP contribution in [0.2, 0.25) is 0 Å². The minimum absolute atomic E-state index is 0.191. The van der Waals surface area contributed by atoms with E-state index in [9.17, 15) is 9.59 Å². The molecule has 0 aliphatic carbocycles. The zero-order valence-corrected chi connectivity index (χ0v) is 10.8. The Kier molecular flexibility index (Phi) is 5.11. The molecule has 0 N–H and O–H groups in total. The number of ether oxygens (including phenoxy) is 1. The van der Waals surface area contributed by atoms with E-state index >= 15 is 0 Å². The van der Waals surface area contributed by atoms with Crippen molar-refractivity contribution in [3.63, 3.8) is 0 Å². The third-order valence-corrected chi connectivity index (χ3v) is 2.19. The second-order valence-electron chi connectivity index (χ2n) is 4.05. The lowest BCUT2D eigenvalue weighted by atomic mass is 10.3. The van der Waals surface area contributed by atoms with Crippen LogP contribution >= 0.6 is 0 Å². The van der Waals surface area contributed by atoms with E-state index in [1.54, 1.807) is 20.9 Å². The lowest BCUT2D eigenvalue weighted by molar-refractivity contribution is -0.141. The van der Waals surface area contributed by atoms with E-state index in [-0.39, 0.29) is 12.0 Å². The molecule has 0 aliphatic rings. The van der Waals surface area contributed by atoms with E-state index in [0.717, 1.165) is 11.8 Å². The van der Waals surface area contributed by atoms with Gasteiger partial charge < -0.3 is 9.64 Å². The smallest absolute Gasteiger partial charge is 0.331 e. The number of hydrogen-bond donors (Lipinski definition) is 0. The molecular weight excluding hydrogens is 230 g/mol. The van der Waals surface area contributed by atoms with Crippen LogP contribution in [0.3, 0.4) is 0 Å². The number of amides is 1. The summed E-state index contributed by atoms with van der Waals surface area (Å²) >= 11 is 0. The zero-order chi connectivity index (χ0) is 13.5. The monoisotopic (exact) mass is 247 g/mol. The molecule has 96 valence electrons. The van der Waals surface area contributed by atoms with Crippen molar-refractivity contribution >= 4 is 17.6 Å². The van der Waals surface area contributed by atoms with E-state index in [0.29, 0.717) is 0 Å². The molecule has 1 rings (SSSR count).